The van der Waals surface area contributed by atoms with E-state index in [0.717, 1.165) is 17.8 Å². The number of aryl methyl sites for hydroxylation is 1. The lowest BCUT2D eigenvalue weighted by atomic mass is 9.86. The third kappa shape index (κ3) is 4.61. The van der Waals surface area contributed by atoms with Crippen LogP contribution in [-0.2, 0) is 17.0 Å². The maximum absolute atomic E-state index is 12.1. The van der Waals surface area contributed by atoms with E-state index < -0.39 is 0 Å². The van der Waals surface area contributed by atoms with E-state index in [1.54, 1.807) is 0 Å². The van der Waals surface area contributed by atoms with Crippen LogP contribution in [0.15, 0.2) is 10.9 Å². The lowest BCUT2D eigenvalue weighted by molar-refractivity contribution is -0.119. The summed E-state index contributed by atoms with van der Waals surface area (Å²) in [5.74, 6) is 1.59. The molecular weight excluding hydrogens is 356 g/mol. The molecule has 2 atom stereocenters. The molecule has 1 fully saturated rings. The van der Waals surface area contributed by atoms with Gasteiger partial charge in [-0.15, -0.1) is 11.8 Å². The zero-order chi connectivity index (χ0) is 17.8. The molecule has 8 heteroatoms. The van der Waals surface area contributed by atoms with Crippen molar-refractivity contribution in [2.24, 2.45) is 5.92 Å². The van der Waals surface area contributed by atoms with E-state index in [-0.39, 0.29) is 11.5 Å². The summed E-state index contributed by atoms with van der Waals surface area (Å²) >= 11 is 2.94. The Balaban J connectivity index is 1.54. The van der Waals surface area contributed by atoms with Gasteiger partial charge in [-0.05, 0) is 25.2 Å². The normalized spacial score (nSPS) is 20.7. The first-order valence-corrected chi connectivity index (χ1v) is 10.8. The largest absolute Gasteiger partial charge is 0.352 e. The highest BCUT2D eigenvalue weighted by atomic mass is 32.2. The zero-order valence-corrected chi connectivity index (χ0v) is 16.3. The van der Waals surface area contributed by atoms with Gasteiger partial charge in [0, 0.05) is 17.9 Å². The molecule has 6 nitrogen and oxygen atoms in total. The van der Waals surface area contributed by atoms with E-state index in [4.69, 9.17) is 0 Å². The van der Waals surface area contributed by atoms with Crippen molar-refractivity contribution in [3.63, 3.8) is 0 Å². The summed E-state index contributed by atoms with van der Waals surface area (Å²) in [7, 11) is 0. The lowest BCUT2D eigenvalue weighted by Gasteiger charge is -2.29. The molecule has 0 unspecified atom stereocenters. The Morgan fingerprint density at radius 3 is 3.00 bits per heavy atom. The van der Waals surface area contributed by atoms with E-state index >= 15 is 0 Å². The van der Waals surface area contributed by atoms with Gasteiger partial charge in [0.15, 0.2) is 0 Å². The Kier molecular flexibility index (Phi) is 6.11. The molecule has 2 aromatic heterocycles. The maximum atomic E-state index is 12.1. The van der Waals surface area contributed by atoms with Gasteiger partial charge in [0.05, 0.1) is 11.4 Å². The predicted molar refractivity (Wildman–Crippen MR) is 102 cm³/mol. The quantitative estimate of drug-likeness (QED) is 0.834. The molecule has 1 saturated carbocycles. The van der Waals surface area contributed by atoms with Crippen LogP contribution in [0.3, 0.4) is 0 Å². The van der Waals surface area contributed by atoms with Crippen molar-refractivity contribution in [3.05, 3.63) is 27.1 Å². The van der Waals surface area contributed by atoms with Crippen LogP contribution >= 0.6 is 23.1 Å². The number of carbonyl (C=O) groups excluding carboxylic acids is 1. The number of nitrogens with zero attached hydrogens (tertiary/aromatic N) is 3. The summed E-state index contributed by atoms with van der Waals surface area (Å²) < 4.78 is 1.36. The first-order chi connectivity index (χ1) is 12.1. The SMILES string of the molecule is CCc1nn2c(=O)cc(CSCC(=O)N[C@@H]3CCCC[C@H]3C)nc2s1. The average molecular weight is 381 g/mol. The van der Waals surface area contributed by atoms with Crippen LogP contribution < -0.4 is 10.9 Å². The highest BCUT2D eigenvalue weighted by Crippen LogP contribution is 2.24. The molecule has 1 N–H and O–H groups in total. The van der Waals surface area contributed by atoms with Crippen LogP contribution in [0.4, 0.5) is 0 Å². The van der Waals surface area contributed by atoms with Gasteiger partial charge in [-0.2, -0.15) is 9.61 Å². The number of fused-ring (bicyclic) bond motifs is 1. The second-order valence-corrected chi connectivity index (χ2v) is 8.58. The molecule has 1 aliphatic rings. The van der Waals surface area contributed by atoms with Gasteiger partial charge in [-0.25, -0.2) is 4.98 Å². The molecule has 0 bridgehead atoms. The molecule has 0 saturated heterocycles. The monoisotopic (exact) mass is 380 g/mol. The van der Waals surface area contributed by atoms with Crippen LogP contribution in [0, 0.1) is 5.92 Å². The molecule has 2 heterocycles. The van der Waals surface area contributed by atoms with E-state index in [9.17, 15) is 9.59 Å². The minimum atomic E-state index is -0.156. The van der Waals surface area contributed by atoms with Crippen molar-refractivity contribution in [1.29, 1.82) is 0 Å². The molecular formula is C17H24N4O2S2. The third-order valence-electron chi connectivity index (χ3n) is 4.58. The molecule has 0 spiro atoms. The average Bonchev–Trinajstić information content (AvgIpc) is 3.01. The fourth-order valence-corrected chi connectivity index (χ4v) is 4.73. The van der Waals surface area contributed by atoms with Crippen molar-refractivity contribution in [1.82, 2.24) is 19.9 Å². The minimum Gasteiger partial charge on any atom is -0.352 e. The molecule has 0 radical (unpaired) electrons. The molecule has 0 aromatic carbocycles. The van der Waals surface area contributed by atoms with Gasteiger partial charge < -0.3 is 5.32 Å². The van der Waals surface area contributed by atoms with E-state index in [1.165, 1.54) is 52.9 Å². The second-order valence-electron chi connectivity index (χ2n) is 6.56. The Labute approximate surface area is 155 Å². The first kappa shape index (κ1) is 18.4. The van der Waals surface area contributed by atoms with Gasteiger partial charge in [-0.3, -0.25) is 9.59 Å². The predicted octanol–water partition coefficient (Wildman–Crippen LogP) is 2.64. The van der Waals surface area contributed by atoms with E-state index in [1.807, 2.05) is 6.92 Å². The maximum Gasteiger partial charge on any atom is 0.275 e. The van der Waals surface area contributed by atoms with Gasteiger partial charge in [0.25, 0.3) is 5.56 Å². The molecule has 1 amide bonds. The summed E-state index contributed by atoms with van der Waals surface area (Å²) in [6, 6.07) is 1.82. The van der Waals surface area contributed by atoms with Crippen molar-refractivity contribution in [2.45, 2.75) is 57.7 Å². The number of carbonyl (C=O) groups is 1. The summed E-state index contributed by atoms with van der Waals surface area (Å²) in [6.45, 7) is 4.22. The minimum absolute atomic E-state index is 0.0765. The van der Waals surface area contributed by atoms with Gasteiger partial charge in [-0.1, -0.05) is 38.0 Å². The van der Waals surface area contributed by atoms with Crippen LogP contribution in [0.2, 0.25) is 0 Å². The Hall–Kier alpha value is -1.41. The molecule has 2 aromatic rings. The highest BCUT2D eigenvalue weighted by molar-refractivity contribution is 7.99. The van der Waals surface area contributed by atoms with E-state index in [0.29, 0.717) is 34.1 Å². The Morgan fingerprint density at radius 2 is 2.24 bits per heavy atom. The molecule has 1 aliphatic carbocycles. The lowest BCUT2D eigenvalue weighted by Crippen LogP contribution is -2.41. The highest BCUT2D eigenvalue weighted by Gasteiger charge is 2.22. The van der Waals surface area contributed by atoms with Crippen molar-refractivity contribution in [2.75, 3.05) is 5.75 Å². The summed E-state index contributed by atoms with van der Waals surface area (Å²) in [4.78, 5) is 29.4. The number of aromatic nitrogens is 3. The number of rotatable bonds is 6. The fraction of sp³-hybridized carbons (Fsp3) is 0.647. The third-order valence-corrected chi connectivity index (χ3v) is 6.60. The van der Waals surface area contributed by atoms with Crippen LogP contribution in [-0.4, -0.2) is 32.3 Å². The number of nitrogens with one attached hydrogen (secondary N) is 1. The molecule has 3 rings (SSSR count). The van der Waals surface area contributed by atoms with Crippen molar-refractivity contribution < 1.29 is 4.79 Å². The van der Waals surface area contributed by atoms with Crippen molar-refractivity contribution >= 4 is 34.0 Å². The van der Waals surface area contributed by atoms with Crippen molar-refractivity contribution in [3.8, 4) is 0 Å². The standard InChI is InChI=1S/C17H24N4O2S2/c1-3-15-20-21-16(23)8-12(18-17(21)25-15)9-24-10-14(22)19-13-7-5-4-6-11(13)2/h8,11,13H,3-7,9-10H2,1-2H3,(H,19,22)/t11-,13-/m1/s1. The molecule has 25 heavy (non-hydrogen) atoms. The molecule has 136 valence electrons. The zero-order valence-electron chi connectivity index (χ0n) is 14.7. The number of amides is 1. The van der Waals surface area contributed by atoms with Crippen LogP contribution in [0.25, 0.3) is 4.96 Å². The summed E-state index contributed by atoms with van der Waals surface area (Å²) in [6.07, 6.45) is 5.53. The van der Waals surface area contributed by atoms with Crippen LogP contribution in [0.5, 0.6) is 0 Å². The summed E-state index contributed by atoms with van der Waals surface area (Å²) in [5.41, 5.74) is 0.553. The van der Waals surface area contributed by atoms with Gasteiger partial charge >= 0.3 is 0 Å². The topological polar surface area (TPSA) is 76.4 Å². The summed E-state index contributed by atoms with van der Waals surface area (Å²) in [5, 5.41) is 8.29. The fourth-order valence-electron chi connectivity index (χ4n) is 3.14. The van der Waals surface area contributed by atoms with Crippen LogP contribution in [0.1, 0.15) is 50.2 Å². The molecule has 0 aliphatic heterocycles. The second kappa shape index (κ2) is 8.31. The van der Waals surface area contributed by atoms with Gasteiger partial charge in [0.2, 0.25) is 10.9 Å². The number of hydrogen-bond donors (Lipinski definition) is 1. The Morgan fingerprint density at radius 1 is 1.44 bits per heavy atom. The first-order valence-electron chi connectivity index (χ1n) is 8.82. The smallest absolute Gasteiger partial charge is 0.275 e. The Bertz CT molecular complexity index is 802. The number of hydrogen-bond acceptors (Lipinski definition) is 6. The number of thioether (sulfide) groups is 1. The van der Waals surface area contributed by atoms with E-state index in [2.05, 4.69) is 22.3 Å². The van der Waals surface area contributed by atoms with Gasteiger partial charge in [0.1, 0.15) is 5.01 Å².